The zero-order valence-corrected chi connectivity index (χ0v) is 21.0. The van der Waals surface area contributed by atoms with Crippen molar-refractivity contribution in [3.63, 3.8) is 0 Å². The van der Waals surface area contributed by atoms with Gasteiger partial charge in [0.2, 0.25) is 0 Å². The molecule has 3 aromatic rings. The first-order chi connectivity index (χ1) is 16.9. The topological polar surface area (TPSA) is 80.1 Å². The van der Waals surface area contributed by atoms with Crippen LogP contribution in [0.4, 0.5) is 0 Å². The summed E-state index contributed by atoms with van der Waals surface area (Å²) >= 11 is 0. The van der Waals surface area contributed by atoms with Crippen LogP contribution in [0.3, 0.4) is 0 Å². The van der Waals surface area contributed by atoms with Crippen molar-refractivity contribution >= 4 is 5.91 Å². The lowest BCUT2D eigenvalue weighted by Gasteiger charge is -2.32. The number of benzene rings is 2. The first-order valence-electron chi connectivity index (χ1n) is 11.9. The summed E-state index contributed by atoms with van der Waals surface area (Å²) in [5.74, 6) is 1.62. The molecule has 8 heteroatoms. The minimum absolute atomic E-state index is 0.162. The van der Waals surface area contributed by atoms with E-state index in [1.165, 1.54) is 5.56 Å². The normalized spacial score (nSPS) is 14.6. The van der Waals surface area contributed by atoms with Gasteiger partial charge in [0.05, 0.1) is 18.4 Å². The van der Waals surface area contributed by atoms with Gasteiger partial charge in [-0.2, -0.15) is 0 Å². The maximum atomic E-state index is 12.8. The minimum Gasteiger partial charge on any atom is -0.493 e. The summed E-state index contributed by atoms with van der Waals surface area (Å²) in [5, 5.41) is 6.96. The Morgan fingerprint density at radius 2 is 1.83 bits per heavy atom. The SMILES string of the molecule is COc1cc(C(=O)NCc2cccc(CN3CCN(C)CC3)c2)ccc1OCc1c(C)noc1C. The number of piperazine rings is 1. The quantitative estimate of drug-likeness (QED) is 0.504. The summed E-state index contributed by atoms with van der Waals surface area (Å²) in [6.07, 6.45) is 0. The molecule has 1 aliphatic rings. The molecule has 8 nitrogen and oxygen atoms in total. The Hall–Kier alpha value is -3.36. The molecular weight excluding hydrogens is 444 g/mol. The van der Waals surface area contributed by atoms with E-state index in [-0.39, 0.29) is 5.91 Å². The molecule has 0 spiro atoms. The zero-order valence-electron chi connectivity index (χ0n) is 21.0. The number of nitrogens with zero attached hydrogens (tertiary/aromatic N) is 3. The molecule has 0 unspecified atom stereocenters. The van der Waals surface area contributed by atoms with Crippen LogP contribution >= 0.6 is 0 Å². The van der Waals surface area contributed by atoms with E-state index in [0.29, 0.717) is 30.2 Å². The Labute approximate surface area is 206 Å². The predicted molar refractivity (Wildman–Crippen MR) is 134 cm³/mol. The van der Waals surface area contributed by atoms with Gasteiger partial charge in [-0.25, -0.2) is 0 Å². The molecule has 1 fully saturated rings. The van der Waals surface area contributed by atoms with Crippen molar-refractivity contribution < 1.29 is 18.8 Å². The van der Waals surface area contributed by atoms with Crippen LogP contribution < -0.4 is 14.8 Å². The third-order valence-corrected chi connectivity index (χ3v) is 6.43. The summed E-state index contributed by atoms with van der Waals surface area (Å²) in [6.45, 7) is 9.80. The largest absolute Gasteiger partial charge is 0.493 e. The smallest absolute Gasteiger partial charge is 0.251 e. The van der Waals surface area contributed by atoms with Crippen molar-refractivity contribution in [2.24, 2.45) is 0 Å². The maximum Gasteiger partial charge on any atom is 0.251 e. The van der Waals surface area contributed by atoms with Crippen molar-refractivity contribution in [3.05, 3.63) is 76.2 Å². The molecule has 4 rings (SSSR count). The van der Waals surface area contributed by atoms with Gasteiger partial charge in [0.15, 0.2) is 11.5 Å². The molecule has 1 N–H and O–H groups in total. The Morgan fingerprint density at radius 3 is 2.54 bits per heavy atom. The van der Waals surface area contributed by atoms with Gasteiger partial charge in [0, 0.05) is 44.8 Å². The minimum atomic E-state index is -0.162. The maximum absolute atomic E-state index is 12.8. The van der Waals surface area contributed by atoms with E-state index in [1.807, 2.05) is 19.9 Å². The van der Waals surface area contributed by atoms with E-state index in [4.69, 9.17) is 14.0 Å². The van der Waals surface area contributed by atoms with E-state index in [0.717, 1.165) is 55.3 Å². The second-order valence-corrected chi connectivity index (χ2v) is 9.04. The van der Waals surface area contributed by atoms with Gasteiger partial charge in [0.25, 0.3) is 5.91 Å². The Kier molecular flexibility index (Phi) is 8.05. The first kappa shape index (κ1) is 24.8. The molecule has 0 bridgehead atoms. The first-order valence-corrected chi connectivity index (χ1v) is 11.9. The molecule has 0 atom stereocenters. The number of rotatable bonds is 9. The lowest BCUT2D eigenvalue weighted by molar-refractivity contribution is 0.0950. The molecule has 35 heavy (non-hydrogen) atoms. The molecular formula is C27H34N4O4. The number of carbonyl (C=O) groups excluding carboxylic acids is 1. The third kappa shape index (κ3) is 6.41. The number of likely N-dealkylation sites (N-methyl/N-ethyl adjacent to an activating group) is 1. The molecule has 2 aromatic carbocycles. The summed E-state index contributed by atoms with van der Waals surface area (Å²) in [5.41, 5.74) is 4.56. The number of amides is 1. The lowest BCUT2D eigenvalue weighted by Crippen LogP contribution is -2.43. The fourth-order valence-corrected chi connectivity index (χ4v) is 4.17. The molecule has 0 saturated carbocycles. The van der Waals surface area contributed by atoms with Gasteiger partial charge in [-0.1, -0.05) is 29.4 Å². The van der Waals surface area contributed by atoms with Crippen LogP contribution in [0.25, 0.3) is 0 Å². The van der Waals surface area contributed by atoms with Crippen LogP contribution in [-0.2, 0) is 19.7 Å². The van der Waals surface area contributed by atoms with Crippen molar-refractivity contribution in [1.29, 1.82) is 0 Å². The number of hydrogen-bond acceptors (Lipinski definition) is 7. The third-order valence-electron chi connectivity index (χ3n) is 6.43. The number of ether oxygens (including phenoxy) is 2. The van der Waals surface area contributed by atoms with Gasteiger partial charge in [-0.05, 0) is 50.2 Å². The lowest BCUT2D eigenvalue weighted by atomic mass is 10.1. The van der Waals surface area contributed by atoms with Crippen LogP contribution in [0, 0.1) is 13.8 Å². The highest BCUT2D eigenvalue weighted by molar-refractivity contribution is 5.94. The fourth-order valence-electron chi connectivity index (χ4n) is 4.17. The summed E-state index contributed by atoms with van der Waals surface area (Å²) < 4.78 is 16.6. The van der Waals surface area contributed by atoms with Gasteiger partial charge in [-0.3, -0.25) is 9.69 Å². The van der Waals surface area contributed by atoms with Crippen LogP contribution in [0.2, 0.25) is 0 Å². The van der Waals surface area contributed by atoms with Gasteiger partial charge in [0.1, 0.15) is 12.4 Å². The molecule has 1 saturated heterocycles. The van der Waals surface area contributed by atoms with Gasteiger partial charge >= 0.3 is 0 Å². The average Bonchev–Trinajstić information content (AvgIpc) is 3.19. The number of carbonyl (C=O) groups is 1. The Morgan fingerprint density at radius 1 is 1.06 bits per heavy atom. The number of nitrogens with one attached hydrogen (secondary N) is 1. The van der Waals surface area contributed by atoms with Crippen molar-refractivity contribution in [2.75, 3.05) is 40.3 Å². The molecule has 0 radical (unpaired) electrons. The second kappa shape index (κ2) is 11.4. The standard InChI is InChI=1S/C27H34N4O4/c1-19-24(20(2)35-29-19)18-34-25-9-8-23(15-26(25)33-4)27(32)28-16-21-6-5-7-22(14-21)17-31-12-10-30(3)11-13-31/h5-9,14-15H,10-13,16-18H2,1-4H3,(H,28,32). The zero-order chi connectivity index (χ0) is 24.8. The van der Waals surface area contributed by atoms with Crippen molar-refractivity contribution in [3.8, 4) is 11.5 Å². The fraction of sp³-hybridized carbons (Fsp3) is 0.407. The highest BCUT2D eigenvalue weighted by atomic mass is 16.5. The van der Waals surface area contributed by atoms with Gasteiger partial charge in [-0.15, -0.1) is 0 Å². The Balaban J connectivity index is 1.34. The molecule has 1 aliphatic heterocycles. The van der Waals surface area contributed by atoms with Crippen LogP contribution in [0.15, 0.2) is 47.0 Å². The molecule has 0 aliphatic carbocycles. The number of methoxy groups -OCH3 is 1. The second-order valence-electron chi connectivity index (χ2n) is 9.04. The van der Waals surface area contributed by atoms with Gasteiger partial charge < -0.3 is 24.2 Å². The highest BCUT2D eigenvalue weighted by Crippen LogP contribution is 2.29. The molecule has 1 amide bonds. The van der Waals surface area contributed by atoms with E-state index < -0.39 is 0 Å². The number of hydrogen-bond donors (Lipinski definition) is 1. The van der Waals surface area contributed by atoms with E-state index in [1.54, 1.807) is 25.3 Å². The van der Waals surface area contributed by atoms with E-state index in [2.05, 4.69) is 45.5 Å². The summed E-state index contributed by atoms with van der Waals surface area (Å²) in [7, 11) is 3.73. The van der Waals surface area contributed by atoms with Crippen molar-refractivity contribution in [2.45, 2.75) is 33.5 Å². The van der Waals surface area contributed by atoms with Crippen LogP contribution in [0.5, 0.6) is 11.5 Å². The van der Waals surface area contributed by atoms with E-state index >= 15 is 0 Å². The average molecular weight is 479 g/mol. The highest BCUT2D eigenvalue weighted by Gasteiger charge is 2.16. The Bertz CT molecular complexity index is 1130. The molecule has 2 heterocycles. The predicted octanol–water partition coefficient (Wildman–Crippen LogP) is 3.56. The number of aryl methyl sites for hydroxylation is 2. The monoisotopic (exact) mass is 478 g/mol. The van der Waals surface area contributed by atoms with E-state index in [9.17, 15) is 4.79 Å². The number of aromatic nitrogens is 1. The summed E-state index contributed by atoms with van der Waals surface area (Å²) in [6, 6.07) is 13.6. The van der Waals surface area contributed by atoms with Crippen LogP contribution in [-0.4, -0.2) is 61.2 Å². The molecule has 186 valence electrons. The molecule has 1 aromatic heterocycles. The van der Waals surface area contributed by atoms with Crippen molar-refractivity contribution in [1.82, 2.24) is 20.3 Å². The summed E-state index contributed by atoms with van der Waals surface area (Å²) in [4.78, 5) is 17.7. The van der Waals surface area contributed by atoms with Crippen LogP contribution in [0.1, 0.15) is 38.5 Å².